The summed E-state index contributed by atoms with van der Waals surface area (Å²) in [7, 11) is 0. The summed E-state index contributed by atoms with van der Waals surface area (Å²) in [4.78, 5) is 14.6. The third-order valence-corrected chi connectivity index (χ3v) is 1.36. The second-order valence-electron chi connectivity index (χ2n) is 2.05. The van der Waals surface area contributed by atoms with Gasteiger partial charge in [0.2, 0.25) is 0 Å². The number of carbonyl (C=O) groups excluding carboxylic acids is 1. The van der Waals surface area contributed by atoms with E-state index in [1.165, 1.54) is 0 Å². The molecule has 0 aromatic rings. The molecule has 52 valence electrons. The number of urea groups is 1. The van der Waals surface area contributed by atoms with Crippen molar-refractivity contribution in [2.75, 3.05) is 0 Å². The van der Waals surface area contributed by atoms with Gasteiger partial charge in [-0.3, -0.25) is 0 Å². The highest BCUT2D eigenvalue weighted by atomic mass is 16.2. The molecule has 0 spiro atoms. The van der Waals surface area contributed by atoms with Crippen LogP contribution in [0.15, 0.2) is 16.9 Å². The van der Waals surface area contributed by atoms with Crippen LogP contribution in [0.1, 0.15) is 0 Å². The smallest absolute Gasteiger partial charge is 0.321 e. The lowest BCUT2D eigenvalue weighted by Crippen LogP contribution is -2.27. The molecule has 10 heavy (non-hydrogen) atoms. The number of nitrogens with one attached hydrogen (secondary N) is 3. The van der Waals surface area contributed by atoms with Crippen molar-refractivity contribution in [3.05, 3.63) is 11.9 Å². The topological polar surface area (TPSA) is 65.5 Å². The zero-order valence-electron chi connectivity index (χ0n) is 5.09. The van der Waals surface area contributed by atoms with E-state index in [1.54, 1.807) is 12.5 Å². The summed E-state index contributed by atoms with van der Waals surface area (Å²) >= 11 is 0. The van der Waals surface area contributed by atoms with E-state index in [0.29, 0.717) is 0 Å². The number of hydrogen-bond donors (Lipinski definition) is 3. The van der Waals surface area contributed by atoms with Gasteiger partial charge >= 0.3 is 6.03 Å². The van der Waals surface area contributed by atoms with Crippen molar-refractivity contribution in [2.24, 2.45) is 4.99 Å². The molecule has 0 aromatic carbocycles. The van der Waals surface area contributed by atoms with Gasteiger partial charge in [0.25, 0.3) is 0 Å². The van der Waals surface area contributed by atoms with E-state index in [-0.39, 0.29) is 12.2 Å². The summed E-state index contributed by atoms with van der Waals surface area (Å²) < 4.78 is 0. The first kappa shape index (κ1) is 5.28. The average molecular weight is 138 g/mol. The molecule has 2 aliphatic rings. The first-order valence-electron chi connectivity index (χ1n) is 2.91. The molecule has 2 rings (SSSR count). The molecule has 1 saturated heterocycles. The van der Waals surface area contributed by atoms with Gasteiger partial charge < -0.3 is 16.0 Å². The molecule has 0 aromatic heterocycles. The SMILES string of the molecule is O=C1NC2=CNC=NC2N1. The van der Waals surface area contributed by atoms with E-state index in [9.17, 15) is 4.79 Å². The summed E-state index contributed by atoms with van der Waals surface area (Å²) in [5.41, 5.74) is 0.771. The van der Waals surface area contributed by atoms with E-state index in [1.807, 2.05) is 0 Å². The average Bonchev–Trinajstić information content (AvgIpc) is 2.27. The van der Waals surface area contributed by atoms with Crippen LogP contribution in [-0.4, -0.2) is 18.5 Å². The van der Waals surface area contributed by atoms with Crippen molar-refractivity contribution >= 4 is 12.4 Å². The Morgan fingerprint density at radius 2 is 2.50 bits per heavy atom. The Labute approximate surface area is 57.2 Å². The Hall–Kier alpha value is -1.52. The second kappa shape index (κ2) is 1.73. The Kier molecular flexibility index (Phi) is 0.913. The van der Waals surface area contributed by atoms with Gasteiger partial charge in [-0.2, -0.15) is 0 Å². The van der Waals surface area contributed by atoms with Gasteiger partial charge in [0.05, 0.1) is 12.0 Å². The summed E-state index contributed by atoms with van der Waals surface area (Å²) in [5.74, 6) is 0. The predicted octanol–water partition coefficient (Wildman–Crippen LogP) is -0.902. The van der Waals surface area contributed by atoms with Crippen LogP contribution < -0.4 is 16.0 Å². The molecule has 2 aliphatic heterocycles. The van der Waals surface area contributed by atoms with Gasteiger partial charge in [-0.25, -0.2) is 9.79 Å². The minimum Gasteiger partial charge on any atom is -0.351 e. The summed E-state index contributed by atoms with van der Waals surface area (Å²) in [6.45, 7) is 0. The number of amides is 2. The van der Waals surface area contributed by atoms with Gasteiger partial charge in [-0.1, -0.05) is 0 Å². The lowest BCUT2D eigenvalue weighted by Gasteiger charge is -2.08. The van der Waals surface area contributed by atoms with Crippen molar-refractivity contribution in [3.8, 4) is 0 Å². The van der Waals surface area contributed by atoms with E-state index < -0.39 is 0 Å². The number of rotatable bonds is 0. The molecule has 5 nitrogen and oxygen atoms in total. The highest BCUT2D eigenvalue weighted by Crippen LogP contribution is 2.06. The normalized spacial score (nSPS) is 27.8. The molecule has 5 heteroatoms. The van der Waals surface area contributed by atoms with E-state index >= 15 is 0 Å². The molecular formula is C5H6N4O. The largest absolute Gasteiger partial charge is 0.351 e. The molecule has 1 unspecified atom stereocenters. The molecule has 1 fully saturated rings. The van der Waals surface area contributed by atoms with Crippen molar-refractivity contribution in [1.82, 2.24) is 16.0 Å². The molecule has 1 atom stereocenters. The number of nitrogens with zero attached hydrogens (tertiary/aromatic N) is 1. The third-order valence-electron chi connectivity index (χ3n) is 1.36. The molecule has 0 radical (unpaired) electrons. The lowest BCUT2D eigenvalue weighted by atomic mass is 10.4. The van der Waals surface area contributed by atoms with Crippen LogP contribution in [0.3, 0.4) is 0 Å². The maximum atomic E-state index is 10.6. The highest BCUT2D eigenvalue weighted by Gasteiger charge is 2.25. The molecule has 0 saturated carbocycles. The maximum Gasteiger partial charge on any atom is 0.321 e. The summed E-state index contributed by atoms with van der Waals surface area (Å²) in [5, 5.41) is 7.96. The van der Waals surface area contributed by atoms with Crippen molar-refractivity contribution in [1.29, 1.82) is 0 Å². The zero-order chi connectivity index (χ0) is 6.97. The minimum atomic E-state index is -0.200. The lowest BCUT2D eigenvalue weighted by molar-refractivity contribution is 0.248. The molecular weight excluding hydrogens is 132 g/mol. The summed E-state index contributed by atoms with van der Waals surface area (Å²) in [6, 6.07) is -0.197. The predicted molar refractivity (Wildman–Crippen MR) is 35.2 cm³/mol. The van der Waals surface area contributed by atoms with E-state index in [2.05, 4.69) is 20.9 Å². The Morgan fingerprint density at radius 1 is 1.60 bits per heavy atom. The molecule has 2 heterocycles. The zero-order valence-corrected chi connectivity index (χ0v) is 5.09. The van der Waals surface area contributed by atoms with Crippen LogP contribution >= 0.6 is 0 Å². The first-order valence-corrected chi connectivity index (χ1v) is 2.91. The molecule has 0 bridgehead atoms. The van der Waals surface area contributed by atoms with Crippen molar-refractivity contribution in [2.45, 2.75) is 6.17 Å². The van der Waals surface area contributed by atoms with Crippen LogP contribution in [0.25, 0.3) is 0 Å². The van der Waals surface area contributed by atoms with Gasteiger partial charge in [0, 0.05) is 6.20 Å². The molecule has 2 amide bonds. The monoisotopic (exact) mass is 138 g/mol. The van der Waals surface area contributed by atoms with Gasteiger partial charge in [-0.15, -0.1) is 0 Å². The van der Waals surface area contributed by atoms with Crippen LogP contribution in [0, 0.1) is 0 Å². The molecule has 0 aliphatic carbocycles. The quantitative estimate of drug-likeness (QED) is 0.406. The highest BCUT2D eigenvalue weighted by molar-refractivity contribution is 5.81. The Morgan fingerprint density at radius 3 is 3.30 bits per heavy atom. The third kappa shape index (κ3) is 0.637. The van der Waals surface area contributed by atoms with Crippen LogP contribution in [0.2, 0.25) is 0 Å². The first-order chi connectivity index (χ1) is 4.86. The fourth-order valence-electron chi connectivity index (χ4n) is 0.915. The fraction of sp³-hybridized carbons (Fsp3) is 0.200. The standard InChI is InChI=1S/C5H6N4O/c10-5-8-3-1-6-2-7-4(3)9-5/h1-2,4H,(H,6,7)(H2,8,9,10). The van der Waals surface area contributed by atoms with Crippen LogP contribution in [-0.2, 0) is 0 Å². The van der Waals surface area contributed by atoms with Gasteiger partial charge in [-0.05, 0) is 0 Å². The van der Waals surface area contributed by atoms with E-state index in [4.69, 9.17) is 0 Å². The van der Waals surface area contributed by atoms with Gasteiger partial charge in [0.1, 0.15) is 0 Å². The number of carbonyl (C=O) groups is 1. The second-order valence-corrected chi connectivity index (χ2v) is 2.05. The number of aliphatic imine (C=N–C) groups is 1. The number of hydrogen-bond acceptors (Lipinski definition) is 3. The van der Waals surface area contributed by atoms with Gasteiger partial charge in [0.15, 0.2) is 6.17 Å². The Balaban J connectivity index is 2.26. The van der Waals surface area contributed by atoms with E-state index in [0.717, 1.165) is 5.70 Å². The summed E-state index contributed by atoms with van der Waals surface area (Å²) in [6.07, 6.45) is 3.05. The van der Waals surface area contributed by atoms with Crippen LogP contribution in [0.4, 0.5) is 4.79 Å². The maximum absolute atomic E-state index is 10.6. The van der Waals surface area contributed by atoms with Crippen LogP contribution in [0.5, 0.6) is 0 Å². The Bertz CT molecular complexity index is 232. The molecule has 3 N–H and O–H groups in total. The van der Waals surface area contributed by atoms with Crippen molar-refractivity contribution in [3.63, 3.8) is 0 Å². The van der Waals surface area contributed by atoms with Crippen molar-refractivity contribution < 1.29 is 4.79 Å². The fourth-order valence-corrected chi connectivity index (χ4v) is 0.915. The minimum absolute atomic E-state index is 0.197. The number of fused-ring (bicyclic) bond motifs is 1.